The van der Waals surface area contributed by atoms with E-state index in [-0.39, 0.29) is 11.9 Å². The lowest BCUT2D eigenvalue weighted by Crippen LogP contribution is -2.48. The molecule has 0 aromatic heterocycles. The monoisotopic (exact) mass is 514 g/mol. The third kappa shape index (κ3) is 5.80. The Bertz CT molecular complexity index is 1300. The Hall–Kier alpha value is -3.78. The summed E-state index contributed by atoms with van der Waals surface area (Å²) >= 11 is 1.54. The summed E-state index contributed by atoms with van der Waals surface area (Å²) in [6.45, 7) is 4.81. The molecule has 0 unspecified atom stereocenters. The quantitative estimate of drug-likeness (QED) is 0.327. The number of rotatable bonds is 7. The highest BCUT2D eigenvalue weighted by Crippen LogP contribution is 2.35. The number of hydrogen-bond donors (Lipinski definition) is 1. The van der Waals surface area contributed by atoms with Crippen LogP contribution in [-0.4, -0.2) is 55.8 Å². The zero-order valence-corrected chi connectivity index (χ0v) is 21.7. The maximum absolute atomic E-state index is 13.1. The van der Waals surface area contributed by atoms with E-state index < -0.39 is 0 Å². The summed E-state index contributed by atoms with van der Waals surface area (Å²) in [6.07, 6.45) is 3.99. The summed E-state index contributed by atoms with van der Waals surface area (Å²) in [5.41, 5.74) is 5.45. The molecule has 2 heterocycles. The highest BCUT2D eigenvalue weighted by Gasteiger charge is 2.23. The fourth-order valence-electron chi connectivity index (χ4n) is 4.56. The first-order valence-electron chi connectivity index (χ1n) is 12.6. The van der Waals surface area contributed by atoms with Crippen LogP contribution >= 0.6 is 11.9 Å². The fourth-order valence-corrected chi connectivity index (χ4v) is 5.35. The zero-order valence-electron chi connectivity index (χ0n) is 20.9. The number of aryl methyl sites for hydroxylation is 1. The van der Waals surface area contributed by atoms with Crippen molar-refractivity contribution in [3.63, 3.8) is 0 Å². The van der Waals surface area contributed by atoms with Crippen LogP contribution in [0, 0.1) is 0 Å². The first-order chi connectivity index (χ1) is 18.1. The normalized spacial score (nSPS) is 14.7. The molecule has 1 saturated heterocycles. The predicted molar refractivity (Wildman–Crippen MR) is 149 cm³/mol. The van der Waals surface area contributed by atoms with Gasteiger partial charge in [0.05, 0.1) is 22.8 Å². The fraction of sp³-hybridized carbons (Fsp3) is 0.276. The number of piperazine rings is 1. The van der Waals surface area contributed by atoms with E-state index in [2.05, 4.69) is 32.8 Å². The molecule has 2 aliphatic rings. The van der Waals surface area contributed by atoms with Crippen LogP contribution in [0.25, 0.3) is 0 Å². The Morgan fingerprint density at radius 3 is 2.54 bits per heavy atom. The number of anilines is 2. The van der Waals surface area contributed by atoms with Crippen molar-refractivity contribution >= 4 is 47.1 Å². The van der Waals surface area contributed by atoms with Crippen molar-refractivity contribution in [1.82, 2.24) is 4.90 Å². The number of aliphatic imine (C=N–C) groups is 1. The van der Waals surface area contributed by atoms with E-state index in [1.807, 2.05) is 53.6 Å². The molecule has 0 atom stereocenters. The van der Waals surface area contributed by atoms with E-state index >= 15 is 0 Å². The maximum Gasteiger partial charge on any atom is 0.338 e. The lowest BCUT2D eigenvalue weighted by Gasteiger charge is -2.36. The van der Waals surface area contributed by atoms with Gasteiger partial charge in [-0.25, -0.2) is 4.79 Å². The molecule has 0 aliphatic carbocycles. The van der Waals surface area contributed by atoms with Crippen molar-refractivity contribution in [3.05, 3.63) is 83.4 Å². The van der Waals surface area contributed by atoms with Gasteiger partial charge in [0.2, 0.25) is 0 Å². The largest absolute Gasteiger partial charge is 0.462 e. The standard InChI is InChI=1S/C29H30N4O3S/c1-2-36-29(35)23-7-3-9-25(20-23)32-16-18-33(19-17-32)28(34)22-11-13-24(14-12-22)31-37-26-10-4-6-21-8-5-15-30-27(21)26/h3-4,6-7,9-15,20,31H,2,5,8,16-19H2,1H3. The summed E-state index contributed by atoms with van der Waals surface area (Å²) in [5, 5.41) is 0. The number of carbonyl (C=O) groups is 2. The molecule has 190 valence electrons. The topological polar surface area (TPSA) is 74.2 Å². The van der Waals surface area contributed by atoms with Gasteiger partial charge < -0.3 is 19.3 Å². The average Bonchev–Trinajstić information content (AvgIpc) is 2.96. The van der Waals surface area contributed by atoms with Crippen molar-refractivity contribution < 1.29 is 14.3 Å². The Morgan fingerprint density at radius 1 is 0.973 bits per heavy atom. The summed E-state index contributed by atoms with van der Waals surface area (Å²) in [4.78, 5) is 34.9. The minimum absolute atomic E-state index is 0.0330. The van der Waals surface area contributed by atoms with Crippen LogP contribution in [0.2, 0.25) is 0 Å². The molecule has 1 N–H and O–H groups in total. The van der Waals surface area contributed by atoms with Gasteiger partial charge in [0.15, 0.2) is 0 Å². The number of benzene rings is 3. The number of esters is 1. The third-order valence-corrected chi connectivity index (χ3v) is 7.43. The van der Waals surface area contributed by atoms with Gasteiger partial charge in [-0.15, -0.1) is 0 Å². The number of nitrogens with zero attached hydrogens (tertiary/aromatic N) is 3. The molecule has 7 nitrogen and oxygen atoms in total. The number of ether oxygens (including phenoxy) is 1. The van der Waals surface area contributed by atoms with E-state index in [9.17, 15) is 9.59 Å². The van der Waals surface area contributed by atoms with Crippen molar-refractivity contribution in [2.45, 2.75) is 24.7 Å². The maximum atomic E-state index is 13.1. The van der Waals surface area contributed by atoms with Gasteiger partial charge in [-0.1, -0.05) is 18.2 Å². The van der Waals surface area contributed by atoms with Crippen molar-refractivity contribution in [1.29, 1.82) is 0 Å². The van der Waals surface area contributed by atoms with Gasteiger partial charge in [-0.2, -0.15) is 0 Å². The van der Waals surface area contributed by atoms with Crippen LogP contribution in [0.1, 0.15) is 39.6 Å². The minimum Gasteiger partial charge on any atom is -0.462 e. The Balaban J connectivity index is 1.16. The Morgan fingerprint density at radius 2 is 1.76 bits per heavy atom. The van der Waals surface area contributed by atoms with Crippen LogP contribution in [-0.2, 0) is 11.2 Å². The lowest BCUT2D eigenvalue weighted by atomic mass is 10.1. The lowest BCUT2D eigenvalue weighted by molar-refractivity contribution is 0.0526. The number of hydrogen-bond acceptors (Lipinski definition) is 7. The van der Waals surface area contributed by atoms with E-state index in [0.717, 1.165) is 34.8 Å². The second-order valence-electron chi connectivity index (χ2n) is 8.95. The number of nitrogens with one attached hydrogen (secondary N) is 1. The summed E-state index contributed by atoms with van der Waals surface area (Å²) < 4.78 is 8.49. The summed E-state index contributed by atoms with van der Waals surface area (Å²) in [7, 11) is 0. The highest BCUT2D eigenvalue weighted by atomic mass is 32.2. The van der Waals surface area contributed by atoms with Gasteiger partial charge >= 0.3 is 5.97 Å². The SMILES string of the molecule is CCOC(=O)c1cccc(N2CCN(C(=O)c3ccc(NSc4cccc5c4N=CCC5)cc3)CC2)c1. The van der Waals surface area contributed by atoms with E-state index in [4.69, 9.17) is 4.74 Å². The van der Waals surface area contributed by atoms with Gasteiger partial charge in [-0.05, 0) is 85.8 Å². The number of fused-ring (bicyclic) bond motifs is 1. The Kier molecular flexibility index (Phi) is 7.75. The van der Waals surface area contributed by atoms with Gasteiger partial charge in [0, 0.05) is 49.3 Å². The molecular weight excluding hydrogens is 484 g/mol. The van der Waals surface area contributed by atoms with Crippen LogP contribution in [0.3, 0.4) is 0 Å². The molecule has 1 fully saturated rings. The van der Waals surface area contributed by atoms with Gasteiger partial charge in [-0.3, -0.25) is 9.79 Å². The van der Waals surface area contributed by atoms with Crippen LogP contribution in [0.4, 0.5) is 17.1 Å². The molecule has 0 saturated carbocycles. The third-order valence-electron chi connectivity index (χ3n) is 6.55. The summed E-state index contributed by atoms with van der Waals surface area (Å²) in [6, 6.07) is 21.4. The van der Waals surface area contributed by atoms with Crippen molar-refractivity contribution in [3.8, 4) is 0 Å². The molecular formula is C29H30N4O3S. The molecule has 3 aromatic carbocycles. The van der Waals surface area contributed by atoms with Crippen LogP contribution < -0.4 is 9.62 Å². The minimum atomic E-state index is -0.314. The molecule has 0 spiro atoms. The molecule has 0 radical (unpaired) electrons. The zero-order chi connectivity index (χ0) is 25.6. The highest BCUT2D eigenvalue weighted by molar-refractivity contribution is 8.00. The van der Waals surface area contributed by atoms with E-state index in [0.29, 0.717) is 43.9 Å². The molecule has 1 amide bonds. The van der Waals surface area contributed by atoms with Gasteiger partial charge in [0.25, 0.3) is 5.91 Å². The molecule has 37 heavy (non-hydrogen) atoms. The first-order valence-corrected chi connectivity index (χ1v) is 13.4. The van der Waals surface area contributed by atoms with E-state index in [1.54, 1.807) is 24.9 Å². The molecule has 2 aliphatic heterocycles. The number of para-hydroxylation sites is 1. The molecule has 8 heteroatoms. The van der Waals surface area contributed by atoms with Crippen molar-refractivity contribution in [2.24, 2.45) is 4.99 Å². The second-order valence-corrected chi connectivity index (χ2v) is 9.79. The number of carbonyl (C=O) groups excluding carboxylic acids is 2. The molecule has 3 aromatic rings. The first kappa shape index (κ1) is 24.9. The smallest absolute Gasteiger partial charge is 0.338 e. The van der Waals surface area contributed by atoms with Crippen LogP contribution in [0.5, 0.6) is 0 Å². The van der Waals surface area contributed by atoms with E-state index in [1.165, 1.54) is 5.56 Å². The average molecular weight is 515 g/mol. The Labute approximate surface area is 221 Å². The van der Waals surface area contributed by atoms with Crippen molar-refractivity contribution in [2.75, 3.05) is 42.4 Å². The predicted octanol–water partition coefficient (Wildman–Crippen LogP) is 5.59. The summed E-state index contributed by atoms with van der Waals surface area (Å²) in [5.74, 6) is -0.281. The van der Waals surface area contributed by atoms with Gasteiger partial charge in [0.1, 0.15) is 0 Å². The molecule has 5 rings (SSSR count). The molecule has 0 bridgehead atoms. The second kappa shape index (κ2) is 11.5. The van der Waals surface area contributed by atoms with Crippen LogP contribution in [0.15, 0.2) is 76.6 Å². The number of amides is 1.